The van der Waals surface area contributed by atoms with Crippen LogP contribution in [0.5, 0.6) is 0 Å². The van der Waals surface area contributed by atoms with Crippen LogP contribution in [-0.2, 0) is 11.3 Å². The first kappa shape index (κ1) is 20.5. The van der Waals surface area contributed by atoms with Gasteiger partial charge in [0.15, 0.2) is 10.8 Å². The maximum Gasteiger partial charge on any atom is 0.273 e. The van der Waals surface area contributed by atoms with Crippen LogP contribution in [0.25, 0.3) is 10.3 Å². The van der Waals surface area contributed by atoms with Gasteiger partial charge in [-0.05, 0) is 44.4 Å². The summed E-state index contributed by atoms with van der Waals surface area (Å²) in [5, 5.41) is 3.73. The first-order valence-electron chi connectivity index (χ1n) is 10.1. The fraction of sp³-hybridized carbons (Fsp3) is 0.429. The number of piperidine rings is 1. The Balaban J connectivity index is 1.50. The minimum absolute atomic E-state index is 0.0136. The number of nitrogens with zero attached hydrogens (tertiary/aromatic N) is 4. The molecule has 1 aliphatic heterocycles. The summed E-state index contributed by atoms with van der Waals surface area (Å²) in [6.07, 6.45) is 2.97. The van der Waals surface area contributed by atoms with Gasteiger partial charge in [0.1, 0.15) is 16.8 Å². The highest BCUT2D eigenvalue weighted by Crippen LogP contribution is 2.29. The van der Waals surface area contributed by atoms with E-state index < -0.39 is 0 Å². The highest BCUT2D eigenvalue weighted by atomic mass is 32.1. The molecule has 1 amide bonds. The fourth-order valence-electron chi connectivity index (χ4n) is 3.65. The van der Waals surface area contributed by atoms with Gasteiger partial charge in [-0.2, -0.15) is 4.98 Å². The summed E-state index contributed by atoms with van der Waals surface area (Å²) < 4.78 is 15.4. The second-order valence-corrected chi connectivity index (χ2v) is 8.86. The Morgan fingerprint density at radius 3 is 2.80 bits per heavy atom. The third-order valence-electron chi connectivity index (χ3n) is 5.18. The predicted octanol–water partition coefficient (Wildman–Crippen LogP) is 2.78. The molecule has 2 aromatic heterocycles. The number of thiazole rings is 1. The number of aromatic nitrogens is 3. The fourth-order valence-corrected chi connectivity index (χ4v) is 4.67. The third kappa shape index (κ3) is 4.35. The number of halogens is 1. The molecule has 0 radical (unpaired) electrons. The molecule has 1 saturated heterocycles. The molecule has 3 aromatic rings. The number of carbonyl (C=O) groups excluding carboxylic acids is 1. The Morgan fingerprint density at radius 1 is 1.33 bits per heavy atom. The largest absolute Gasteiger partial charge is 0.354 e. The molecule has 30 heavy (non-hydrogen) atoms. The molecule has 0 aliphatic carbocycles. The van der Waals surface area contributed by atoms with Crippen molar-refractivity contribution in [2.24, 2.45) is 5.92 Å². The molecule has 158 valence electrons. The summed E-state index contributed by atoms with van der Waals surface area (Å²) >= 11 is 1.32. The average molecular weight is 430 g/mol. The van der Waals surface area contributed by atoms with Crippen LogP contribution in [0, 0.1) is 11.7 Å². The SMILES string of the molecule is CC(C)NC(=O)C1CCN(c2nc3ncn(Cc4cccc(F)c4)c(=O)c3s2)CC1. The van der Waals surface area contributed by atoms with E-state index in [1.54, 1.807) is 12.1 Å². The molecule has 0 saturated carbocycles. The van der Waals surface area contributed by atoms with Crippen molar-refractivity contribution in [1.82, 2.24) is 19.9 Å². The van der Waals surface area contributed by atoms with Gasteiger partial charge in [0.25, 0.3) is 5.56 Å². The normalized spacial score (nSPS) is 15.1. The number of rotatable bonds is 5. The van der Waals surface area contributed by atoms with Gasteiger partial charge in [0.05, 0.1) is 6.54 Å². The number of fused-ring (bicyclic) bond motifs is 1. The molecule has 0 bridgehead atoms. The predicted molar refractivity (Wildman–Crippen MR) is 115 cm³/mol. The van der Waals surface area contributed by atoms with E-state index in [0.717, 1.165) is 18.0 Å². The monoisotopic (exact) mass is 429 g/mol. The molecule has 3 heterocycles. The quantitative estimate of drug-likeness (QED) is 0.675. The van der Waals surface area contributed by atoms with Gasteiger partial charge in [0, 0.05) is 25.0 Å². The number of amides is 1. The van der Waals surface area contributed by atoms with Crippen LogP contribution in [0.4, 0.5) is 9.52 Å². The molecule has 0 unspecified atom stereocenters. The molecule has 1 aliphatic rings. The number of carbonyl (C=O) groups is 1. The maximum absolute atomic E-state index is 13.4. The molecule has 7 nitrogen and oxygen atoms in total. The second-order valence-electron chi connectivity index (χ2n) is 7.88. The molecule has 0 spiro atoms. The highest BCUT2D eigenvalue weighted by molar-refractivity contribution is 7.22. The number of hydrogen-bond donors (Lipinski definition) is 1. The zero-order valence-corrected chi connectivity index (χ0v) is 17.8. The molecule has 0 atom stereocenters. The first-order chi connectivity index (χ1) is 14.4. The van der Waals surface area contributed by atoms with Crippen molar-refractivity contribution in [3.8, 4) is 0 Å². The molecular formula is C21H24FN5O2S. The maximum atomic E-state index is 13.4. The van der Waals surface area contributed by atoms with Crippen LogP contribution < -0.4 is 15.8 Å². The summed E-state index contributed by atoms with van der Waals surface area (Å²) in [6, 6.07) is 6.32. The summed E-state index contributed by atoms with van der Waals surface area (Å²) in [7, 11) is 0. The van der Waals surface area contributed by atoms with Gasteiger partial charge >= 0.3 is 0 Å². The van der Waals surface area contributed by atoms with Gasteiger partial charge in [0.2, 0.25) is 5.91 Å². The van der Waals surface area contributed by atoms with Crippen LogP contribution in [0.15, 0.2) is 35.4 Å². The van der Waals surface area contributed by atoms with E-state index in [9.17, 15) is 14.0 Å². The Labute approximate surface area is 177 Å². The average Bonchev–Trinajstić information content (AvgIpc) is 3.15. The van der Waals surface area contributed by atoms with E-state index in [-0.39, 0.29) is 35.8 Å². The van der Waals surface area contributed by atoms with Crippen LogP contribution in [0.2, 0.25) is 0 Å². The molecular weight excluding hydrogens is 405 g/mol. The Morgan fingerprint density at radius 2 is 2.10 bits per heavy atom. The summed E-state index contributed by atoms with van der Waals surface area (Å²) in [5.74, 6) is -0.212. The van der Waals surface area contributed by atoms with E-state index in [2.05, 4.69) is 20.2 Å². The van der Waals surface area contributed by atoms with Gasteiger partial charge < -0.3 is 10.2 Å². The lowest BCUT2D eigenvalue weighted by Crippen LogP contribution is -2.42. The second kappa shape index (κ2) is 8.51. The summed E-state index contributed by atoms with van der Waals surface area (Å²) in [5.41, 5.74) is 0.944. The van der Waals surface area contributed by atoms with Gasteiger partial charge in [-0.15, -0.1) is 0 Å². The number of nitrogens with one attached hydrogen (secondary N) is 1. The van der Waals surface area contributed by atoms with Crippen molar-refractivity contribution in [2.75, 3.05) is 18.0 Å². The summed E-state index contributed by atoms with van der Waals surface area (Å²) in [6.45, 7) is 5.61. The zero-order chi connectivity index (χ0) is 21.3. The van der Waals surface area contributed by atoms with E-state index in [1.165, 1.54) is 34.4 Å². The zero-order valence-electron chi connectivity index (χ0n) is 17.0. The van der Waals surface area contributed by atoms with Crippen LogP contribution in [0.3, 0.4) is 0 Å². The van der Waals surface area contributed by atoms with E-state index in [4.69, 9.17) is 0 Å². The van der Waals surface area contributed by atoms with E-state index in [1.807, 2.05) is 13.8 Å². The van der Waals surface area contributed by atoms with Gasteiger partial charge in [-0.1, -0.05) is 23.5 Å². The topological polar surface area (TPSA) is 80.1 Å². The van der Waals surface area contributed by atoms with Gasteiger partial charge in [-0.25, -0.2) is 9.37 Å². The molecule has 1 fully saturated rings. The van der Waals surface area contributed by atoms with Crippen LogP contribution in [0.1, 0.15) is 32.3 Å². The number of anilines is 1. The van der Waals surface area contributed by atoms with E-state index in [0.29, 0.717) is 29.0 Å². The molecule has 1 N–H and O–H groups in total. The van der Waals surface area contributed by atoms with Crippen LogP contribution in [-0.4, -0.2) is 39.6 Å². The molecule has 4 rings (SSSR count). The molecule has 1 aromatic carbocycles. The third-order valence-corrected chi connectivity index (χ3v) is 6.28. The molecule has 9 heteroatoms. The van der Waals surface area contributed by atoms with Crippen molar-refractivity contribution < 1.29 is 9.18 Å². The number of hydrogen-bond acceptors (Lipinski definition) is 6. The van der Waals surface area contributed by atoms with Crippen molar-refractivity contribution >= 4 is 32.7 Å². The minimum Gasteiger partial charge on any atom is -0.354 e. The van der Waals surface area contributed by atoms with Crippen molar-refractivity contribution in [1.29, 1.82) is 0 Å². The summed E-state index contributed by atoms with van der Waals surface area (Å²) in [4.78, 5) is 36.1. The van der Waals surface area contributed by atoms with Crippen molar-refractivity contribution in [3.05, 3.63) is 52.3 Å². The van der Waals surface area contributed by atoms with Crippen LogP contribution >= 0.6 is 11.3 Å². The van der Waals surface area contributed by atoms with E-state index >= 15 is 0 Å². The minimum atomic E-state index is -0.333. The lowest BCUT2D eigenvalue weighted by molar-refractivity contribution is -0.126. The smallest absolute Gasteiger partial charge is 0.273 e. The standard InChI is InChI=1S/C21H24FN5O2S/c1-13(2)24-19(28)15-6-8-26(9-7-15)21-25-18-17(30-21)20(29)27(12-23-18)11-14-4-3-5-16(22)10-14/h3-5,10,12-13,15H,6-9,11H2,1-2H3,(H,24,28). The number of benzene rings is 1. The Kier molecular flexibility index (Phi) is 5.80. The van der Waals surface area contributed by atoms with Gasteiger partial charge in [-0.3, -0.25) is 14.2 Å². The highest BCUT2D eigenvalue weighted by Gasteiger charge is 2.27. The van der Waals surface area contributed by atoms with Crippen molar-refractivity contribution in [2.45, 2.75) is 39.3 Å². The Bertz CT molecular complexity index is 1120. The first-order valence-corrected chi connectivity index (χ1v) is 10.9. The lowest BCUT2D eigenvalue weighted by Gasteiger charge is -2.31. The Hall–Kier alpha value is -2.81. The lowest BCUT2D eigenvalue weighted by atomic mass is 9.96. The van der Waals surface area contributed by atoms with Crippen molar-refractivity contribution in [3.63, 3.8) is 0 Å².